The minimum Gasteiger partial charge on any atom is -0.385 e. The van der Waals surface area contributed by atoms with Crippen molar-refractivity contribution in [2.75, 3.05) is 11.9 Å². The Morgan fingerprint density at radius 2 is 1.86 bits per heavy atom. The largest absolute Gasteiger partial charge is 0.385 e. The van der Waals surface area contributed by atoms with E-state index in [2.05, 4.69) is 31.4 Å². The molecule has 1 saturated carbocycles. The Kier molecular flexibility index (Phi) is 5.27. The van der Waals surface area contributed by atoms with Crippen molar-refractivity contribution in [1.29, 1.82) is 0 Å². The van der Waals surface area contributed by atoms with Crippen LogP contribution in [0, 0.1) is 18.8 Å². The molecule has 0 spiro atoms. The second-order valence-electron chi connectivity index (χ2n) is 6.65. The van der Waals surface area contributed by atoms with Gasteiger partial charge in [-0.25, -0.2) is 0 Å². The standard InChI is InChI=1S/C18H28N2O/c1-5-19-17-7-6-15(11-14(17)4)18(21)20-16-9-12(2)8-13(3)10-16/h6-7,11-13,16,19H,5,8-10H2,1-4H3,(H,20,21). The second-order valence-corrected chi connectivity index (χ2v) is 6.65. The average molecular weight is 288 g/mol. The molecule has 1 amide bonds. The van der Waals surface area contributed by atoms with Gasteiger partial charge in [0, 0.05) is 23.8 Å². The summed E-state index contributed by atoms with van der Waals surface area (Å²) < 4.78 is 0. The molecule has 0 aliphatic heterocycles. The van der Waals surface area contributed by atoms with Crippen LogP contribution < -0.4 is 10.6 Å². The van der Waals surface area contributed by atoms with Gasteiger partial charge in [-0.15, -0.1) is 0 Å². The van der Waals surface area contributed by atoms with Crippen LogP contribution in [-0.4, -0.2) is 18.5 Å². The number of hydrogen-bond acceptors (Lipinski definition) is 2. The lowest BCUT2D eigenvalue weighted by atomic mass is 9.80. The summed E-state index contributed by atoms with van der Waals surface area (Å²) in [5, 5.41) is 6.52. The molecule has 1 aromatic rings. The minimum absolute atomic E-state index is 0.0625. The van der Waals surface area contributed by atoms with E-state index >= 15 is 0 Å². The predicted molar refractivity (Wildman–Crippen MR) is 88.8 cm³/mol. The first-order valence-electron chi connectivity index (χ1n) is 8.15. The smallest absolute Gasteiger partial charge is 0.251 e. The van der Waals surface area contributed by atoms with E-state index in [0.29, 0.717) is 17.9 Å². The Balaban J connectivity index is 2.01. The molecule has 0 bridgehead atoms. The Hall–Kier alpha value is -1.51. The van der Waals surface area contributed by atoms with Crippen LogP contribution in [0.4, 0.5) is 5.69 Å². The third-order valence-electron chi connectivity index (χ3n) is 4.37. The molecule has 0 saturated heterocycles. The molecule has 1 aromatic carbocycles. The highest BCUT2D eigenvalue weighted by molar-refractivity contribution is 5.95. The summed E-state index contributed by atoms with van der Waals surface area (Å²) in [5.41, 5.74) is 2.99. The number of rotatable bonds is 4. The van der Waals surface area contributed by atoms with Crippen LogP contribution in [-0.2, 0) is 0 Å². The molecule has 0 aromatic heterocycles. The maximum atomic E-state index is 12.4. The molecule has 2 atom stereocenters. The lowest BCUT2D eigenvalue weighted by molar-refractivity contribution is 0.0911. The van der Waals surface area contributed by atoms with E-state index in [9.17, 15) is 4.79 Å². The van der Waals surface area contributed by atoms with Crippen molar-refractivity contribution in [2.45, 2.75) is 53.0 Å². The van der Waals surface area contributed by atoms with Crippen LogP contribution in [0.15, 0.2) is 18.2 Å². The summed E-state index contributed by atoms with van der Waals surface area (Å²) in [6.45, 7) is 9.57. The molecule has 2 unspecified atom stereocenters. The number of carbonyl (C=O) groups excluding carboxylic acids is 1. The third-order valence-corrected chi connectivity index (χ3v) is 4.37. The SMILES string of the molecule is CCNc1ccc(C(=O)NC2CC(C)CC(C)C2)cc1C. The van der Waals surface area contributed by atoms with E-state index in [1.807, 2.05) is 25.1 Å². The average Bonchev–Trinajstić information content (AvgIpc) is 2.40. The molecule has 3 heteroatoms. The lowest BCUT2D eigenvalue weighted by Crippen LogP contribution is -2.40. The number of benzene rings is 1. The first kappa shape index (κ1) is 15.9. The molecular weight excluding hydrogens is 260 g/mol. The van der Waals surface area contributed by atoms with E-state index in [1.54, 1.807) is 0 Å². The first-order valence-corrected chi connectivity index (χ1v) is 8.15. The number of anilines is 1. The zero-order chi connectivity index (χ0) is 15.4. The normalized spacial score (nSPS) is 25.4. The molecule has 21 heavy (non-hydrogen) atoms. The molecule has 116 valence electrons. The van der Waals surface area contributed by atoms with Crippen LogP contribution in [0.5, 0.6) is 0 Å². The fourth-order valence-electron chi connectivity index (χ4n) is 3.53. The molecule has 2 N–H and O–H groups in total. The van der Waals surface area contributed by atoms with Crippen molar-refractivity contribution >= 4 is 11.6 Å². The van der Waals surface area contributed by atoms with E-state index in [-0.39, 0.29) is 5.91 Å². The van der Waals surface area contributed by atoms with Gasteiger partial charge in [0.15, 0.2) is 0 Å². The molecule has 2 rings (SSSR count). The number of hydrogen-bond donors (Lipinski definition) is 2. The topological polar surface area (TPSA) is 41.1 Å². The van der Waals surface area contributed by atoms with Crippen molar-refractivity contribution in [3.8, 4) is 0 Å². The van der Waals surface area contributed by atoms with Gasteiger partial charge in [0.05, 0.1) is 0 Å². The van der Waals surface area contributed by atoms with Gasteiger partial charge in [-0.3, -0.25) is 4.79 Å². The highest BCUT2D eigenvalue weighted by Gasteiger charge is 2.25. The quantitative estimate of drug-likeness (QED) is 0.880. The van der Waals surface area contributed by atoms with Gasteiger partial charge in [-0.2, -0.15) is 0 Å². The Bertz CT molecular complexity index is 488. The zero-order valence-electron chi connectivity index (χ0n) is 13.7. The minimum atomic E-state index is 0.0625. The Morgan fingerprint density at radius 1 is 1.19 bits per heavy atom. The van der Waals surface area contributed by atoms with E-state index < -0.39 is 0 Å². The highest BCUT2D eigenvalue weighted by Crippen LogP contribution is 2.28. The van der Waals surface area contributed by atoms with Gasteiger partial charge in [0.25, 0.3) is 5.91 Å². The van der Waals surface area contributed by atoms with E-state index in [1.165, 1.54) is 6.42 Å². The van der Waals surface area contributed by atoms with Crippen LogP contribution >= 0.6 is 0 Å². The molecular formula is C18H28N2O. The summed E-state index contributed by atoms with van der Waals surface area (Å²) in [4.78, 5) is 12.4. The number of amides is 1. The zero-order valence-corrected chi connectivity index (χ0v) is 13.7. The number of aryl methyl sites for hydroxylation is 1. The number of nitrogens with one attached hydrogen (secondary N) is 2. The number of carbonyl (C=O) groups is 1. The van der Waals surface area contributed by atoms with Crippen LogP contribution in [0.2, 0.25) is 0 Å². The Labute approximate surface area is 128 Å². The predicted octanol–water partition coefficient (Wildman–Crippen LogP) is 3.98. The molecule has 1 aliphatic carbocycles. The van der Waals surface area contributed by atoms with Crippen molar-refractivity contribution < 1.29 is 4.79 Å². The van der Waals surface area contributed by atoms with E-state index in [0.717, 1.165) is 36.2 Å². The van der Waals surface area contributed by atoms with Crippen molar-refractivity contribution in [3.05, 3.63) is 29.3 Å². The monoisotopic (exact) mass is 288 g/mol. The highest BCUT2D eigenvalue weighted by atomic mass is 16.1. The lowest BCUT2D eigenvalue weighted by Gasteiger charge is -2.32. The van der Waals surface area contributed by atoms with Crippen molar-refractivity contribution in [1.82, 2.24) is 5.32 Å². The molecule has 0 radical (unpaired) electrons. The molecule has 3 nitrogen and oxygen atoms in total. The fourth-order valence-corrected chi connectivity index (χ4v) is 3.53. The summed E-state index contributed by atoms with van der Waals surface area (Å²) in [7, 11) is 0. The summed E-state index contributed by atoms with van der Waals surface area (Å²) in [6, 6.07) is 6.21. The molecule has 1 aliphatic rings. The van der Waals surface area contributed by atoms with Gasteiger partial charge >= 0.3 is 0 Å². The van der Waals surface area contributed by atoms with Gasteiger partial charge in [0.1, 0.15) is 0 Å². The van der Waals surface area contributed by atoms with Crippen LogP contribution in [0.1, 0.15) is 56.0 Å². The summed E-state index contributed by atoms with van der Waals surface area (Å²) >= 11 is 0. The summed E-state index contributed by atoms with van der Waals surface area (Å²) in [6.07, 6.45) is 3.48. The molecule has 0 heterocycles. The van der Waals surface area contributed by atoms with Gasteiger partial charge in [-0.1, -0.05) is 13.8 Å². The Morgan fingerprint density at radius 3 is 2.43 bits per heavy atom. The van der Waals surface area contributed by atoms with Gasteiger partial charge < -0.3 is 10.6 Å². The summed E-state index contributed by atoms with van der Waals surface area (Å²) in [5.74, 6) is 1.47. The van der Waals surface area contributed by atoms with Crippen LogP contribution in [0.25, 0.3) is 0 Å². The second kappa shape index (κ2) is 6.97. The third kappa shape index (κ3) is 4.23. The maximum Gasteiger partial charge on any atom is 0.251 e. The van der Waals surface area contributed by atoms with E-state index in [4.69, 9.17) is 0 Å². The fraction of sp³-hybridized carbons (Fsp3) is 0.611. The first-order chi connectivity index (χ1) is 9.99. The van der Waals surface area contributed by atoms with Crippen molar-refractivity contribution in [3.63, 3.8) is 0 Å². The maximum absolute atomic E-state index is 12.4. The van der Waals surface area contributed by atoms with Crippen molar-refractivity contribution in [2.24, 2.45) is 11.8 Å². The molecule has 1 fully saturated rings. The van der Waals surface area contributed by atoms with Crippen LogP contribution in [0.3, 0.4) is 0 Å². The van der Waals surface area contributed by atoms with Gasteiger partial charge in [-0.05, 0) is 68.7 Å². The van der Waals surface area contributed by atoms with Gasteiger partial charge in [0.2, 0.25) is 0 Å².